The van der Waals surface area contributed by atoms with E-state index < -0.39 is 6.10 Å². The zero-order valence-electron chi connectivity index (χ0n) is 38.3. The van der Waals surface area contributed by atoms with Crippen LogP contribution in [0.3, 0.4) is 0 Å². The first-order chi connectivity index (χ1) is 27.3. The summed E-state index contributed by atoms with van der Waals surface area (Å²) in [4.78, 5) is 37.6. The minimum absolute atomic E-state index is 0.0656. The summed E-state index contributed by atoms with van der Waals surface area (Å²) in [5, 5.41) is 0. The number of unbranched alkanes of at least 4 members (excludes halogenated alkanes) is 28. The van der Waals surface area contributed by atoms with E-state index >= 15 is 0 Å². The zero-order valence-corrected chi connectivity index (χ0v) is 38.3. The van der Waals surface area contributed by atoms with Crippen molar-refractivity contribution in [1.82, 2.24) is 0 Å². The molecule has 2 atom stereocenters. The van der Waals surface area contributed by atoms with Crippen LogP contribution in [0, 0.1) is 11.8 Å². The van der Waals surface area contributed by atoms with Crippen LogP contribution in [0.5, 0.6) is 0 Å². The number of carbonyl (C=O) groups is 3. The Morgan fingerprint density at radius 2 is 0.679 bits per heavy atom. The van der Waals surface area contributed by atoms with Gasteiger partial charge in [0.25, 0.3) is 0 Å². The molecule has 0 fully saturated rings. The highest BCUT2D eigenvalue weighted by Gasteiger charge is 2.19. The highest BCUT2D eigenvalue weighted by atomic mass is 16.6. The number of rotatable bonds is 44. The van der Waals surface area contributed by atoms with Gasteiger partial charge in [0.15, 0.2) is 6.10 Å². The largest absolute Gasteiger partial charge is 0.462 e. The van der Waals surface area contributed by atoms with Gasteiger partial charge in [-0.3, -0.25) is 14.4 Å². The van der Waals surface area contributed by atoms with Crippen molar-refractivity contribution in [3.8, 4) is 0 Å². The lowest BCUT2D eigenvalue weighted by Crippen LogP contribution is -2.30. The van der Waals surface area contributed by atoms with Crippen LogP contribution in [-0.4, -0.2) is 37.2 Å². The first-order valence-electron chi connectivity index (χ1n) is 24.8. The maximum absolute atomic E-state index is 12.6. The summed E-state index contributed by atoms with van der Waals surface area (Å²) in [5.41, 5.74) is 0. The van der Waals surface area contributed by atoms with E-state index in [2.05, 4.69) is 34.6 Å². The quantitative estimate of drug-likeness (QED) is 0.0347. The Morgan fingerprint density at radius 1 is 0.375 bits per heavy atom. The molecule has 332 valence electrons. The van der Waals surface area contributed by atoms with Crippen LogP contribution in [0.25, 0.3) is 0 Å². The van der Waals surface area contributed by atoms with E-state index in [1.165, 1.54) is 161 Å². The van der Waals surface area contributed by atoms with Crippen LogP contribution in [0.1, 0.15) is 272 Å². The smallest absolute Gasteiger partial charge is 0.306 e. The van der Waals surface area contributed by atoms with Crippen molar-refractivity contribution < 1.29 is 28.6 Å². The Hall–Kier alpha value is -1.59. The molecule has 0 N–H and O–H groups in total. The molecule has 0 bridgehead atoms. The third-order valence-corrected chi connectivity index (χ3v) is 11.6. The van der Waals surface area contributed by atoms with E-state index in [-0.39, 0.29) is 31.1 Å². The molecule has 0 saturated heterocycles. The molecule has 0 aliphatic rings. The summed E-state index contributed by atoms with van der Waals surface area (Å²) in [5.74, 6) is 0.804. The fraction of sp³-hybridized carbons (Fsp3) is 0.940. The molecule has 0 heterocycles. The van der Waals surface area contributed by atoms with Crippen LogP contribution in [0.15, 0.2) is 0 Å². The fourth-order valence-electron chi connectivity index (χ4n) is 7.43. The molecule has 0 rings (SSSR count). The lowest BCUT2D eigenvalue weighted by Gasteiger charge is -2.18. The van der Waals surface area contributed by atoms with Gasteiger partial charge in [-0.2, -0.15) is 0 Å². The van der Waals surface area contributed by atoms with E-state index in [1.807, 2.05) is 0 Å². The third kappa shape index (κ3) is 42.0. The molecule has 6 heteroatoms. The number of carbonyl (C=O) groups excluding carboxylic acids is 3. The van der Waals surface area contributed by atoms with Gasteiger partial charge in [0.05, 0.1) is 0 Å². The summed E-state index contributed by atoms with van der Waals surface area (Å²) in [6.45, 7) is 11.3. The Morgan fingerprint density at radius 3 is 1.02 bits per heavy atom. The summed E-state index contributed by atoms with van der Waals surface area (Å²) in [6.07, 6.45) is 42.6. The predicted molar refractivity (Wildman–Crippen MR) is 238 cm³/mol. The maximum atomic E-state index is 12.6. The Labute approximate surface area is 348 Å². The topological polar surface area (TPSA) is 78.9 Å². The van der Waals surface area contributed by atoms with Crippen LogP contribution >= 0.6 is 0 Å². The molecule has 0 aromatic carbocycles. The minimum atomic E-state index is -0.760. The summed E-state index contributed by atoms with van der Waals surface area (Å²) in [7, 11) is 0. The highest BCUT2D eigenvalue weighted by Crippen LogP contribution is 2.18. The molecule has 0 spiro atoms. The van der Waals surface area contributed by atoms with Gasteiger partial charge in [-0.25, -0.2) is 0 Å². The van der Waals surface area contributed by atoms with Crippen LogP contribution in [-0.2, 0) is 28.6 Å². The molecule has 0 aliphatic carbocycles. The predicted octanol–water partition coefficient (Wildman–Crippen LogP) is 15.8. The van der Waals surface area contributed by atoms with Crippen molar-refractivity contribution in [2.24, 2.45) is 11.8 Å². The summed E-state index contributed by atoms with van der Waals surface area (Å²) >= 11 is 0. The lowest BCUT2D eigenvalue weighted by molar-refractivity contribution is -0.167. The molecular formula is C50H96O6. The SMILES string of the molecule is CCCCCCCCCC(=O)OC[C@@H](COC(=O)CCCCCCCCCCCCCCCCCCCCC(C)CC)OC(=O)CCCCCCCCC(C)C. The van der Waals surface area contributed by atoms with Crippen LogP contribution in [0.2, 0.25) is 0 Å². The lowest BCUT2D eigenvalue weighted by atomic mass is 9.99. The second-order valence-corrected chi connectivity index (χ2v) is 17.8. The maximum Gasteiger partial charge on any atom is 0.306 e. The molecule has 0 saturated carbocycles. The van der Waals surface area contributed by atoms with Crippen molar-refractivity contribution in [2.45, 2.75) is 278 Å². The van der Waals surface area contributed by atoms with Gasteiger partial charge in [-0.05, 0) is 31.1 Å². The molecule has 0 radical (unpaired) electrons. The van der Waals surface area contributed by atoms with Gasteiger partial charge in [-0.15, -0.1) is 0 Å². The fourth-order valence-corrected chi connectivity index (χ4v) is 7.43. The zero-order chi connectivity index (χ0) is 41.2. The molecule has 0 amide bonds. The monoisotopic (exact) mass is 793 g/mol. The van der Waals surface area contributed by atoms with Crippen molar-refractivity contribution in [2.75, 3.05) is 13.2 Å². The van der Waals surface area contributed by atoms with Gasteiger partial charge in [0.2, 0.25) is 0 Å². The average Bonchev–Trinajstić information content (AvgIpc) is 3.18. The summed E-state index contributed by atoms with van der Waals surface area (Å²) in [6, 6.07) is 0. The first kappa shape index (κ1) is 54.4. The second-order valence-electron chi connectivity index (χ2n) is 17.8. The third-order valence-electron chi connectivity index (χ3n) is 11.6. The number of hydrogen-bond acceptors (Lipinski definition) is 6. The van der Waals surface area contributed by atoms with E-state index in [0.717, 1.165) is 69.6 Å². The number of esters is 3. The van der Waals surface area contributed by atoms with Gasteiger partial charge in [-0.1, -0.05) is 234 Å². The van der Waals surface area contributed by atoms with Crippen molar-refractivity contribution in [3.63, 3.8) is 0 Å². The normalized spacial score (nSPS) is 12.5. The van der Waals surface area contributed by atoms with Crippen molar-refractivity contribution >= 4 is 17.9 Å². The van der Waals surface area contributed by atoms with E-state index in [0.29, 0.717) is 19.3 Å². The Kier molecular flexibility index (Phi) is 41.8. The molecule has 0 aliphatic heterocycles. The van der Waals surface area contributed by atoms with Gasteiger partial charge in [0, 0.05) is 19.3 Å². The molecule has 6 nitrogen and oxygen atoms in total. The molecule has 1 unspecified atom stereocenters. The Balaban J connectivity index is 4.07. The Bertz CT molecular complexity index is 856. The van der Waals surface area contributed by atoms with Crippen LogP contribution < -0.4 is 0 Å². The standard InChI is InChI=1S/C50H96O6/c1-6-8-9-10-23-30-35-40-48(51)54-43-47(56-50(53)42-37-32-27-26-28-33-38-45(3)4)44-55-49(52)41-36-31-25-22-20-18-16-14-12-11-13-15-17-19-21-24-29-34-39-46(5)7-2/h45-47H,6-44H2,1-5H3/t46?,47-/m0/s1. The number of ether oxygens (including phenoxy) is 3. The van der Waals surface area contributed by atoms with E-state index in [1.54, 1.807) is 0 Å². The molecular weight excluding hydrogens is 697 g/mol. The molecule has 0 aromatic rings. The first-order valence-corrected chi connectivity index (χ1v) is 24.8. The van der Waals surface area contributed by atoms with Gasteiger partial charge >= 0.3 is 17.9 Å². The van der Waals surface area contributed by atoms with Crippen molar-refractivity contribution in [3.05, 3.63) is 0 Å². The van der Waals surface area contributed by atoms with Crippen molar-refractivity contribution in [1.29, 1.82) is 0 Å². The molecule has 56 heavy (non-hydrogen) atoms. The second kappa shape index (κ2) is 43.0. The number of hydrogen-bond donors (Lipinski definition) is 0. The van der Waals surface area contributed by atoms with Gasteiger partial charge in [0.1, 0.15) is 13.2 Å². The minimum Gasteiger partial charge on any atom is -0.462 e. The highest BCUT2D eigenvalue weighted by molar-refractivity contribution is 5.71. The van der Waals surface area contributed by atoms with E-state index in [9.17, 15) is 14.4 Å². The van der Waals surface area contributed by atoms with E-state index in [4.69, 9.17) is 14.2 Å². The molecule has 0 aromatic heterocycles. The summed E-state index contributed by atoms with van der Waals surface area (Å²) < 4.78 is 16.7. The van der Waals surface area contributed by atoms with Gasteiger partial charge < -0.3 is 14.2 Å². The van der Waals surface area contributed by atoms with Crippen LogP contribution in [0.4, 0.5) is 0 Å². The average molecular weight is 793 g/mol.